The van der Waals surface area contributed by atoms with Gasteiger partial charge in [0.1, 0.15) is 11.5 Å². The van der Waals surface area contributed by atoms with Crippen LogP contribution in [0.2, 0.25) is 0 Å². The van der Waals surface area contributed by atoms with Crippen LogP contribution >= 0.6 is 23.2 Å². The number of nitrogens with zero attached hydrogens (tertiary/aromatic N) is 2. The second-order valence-electron chi connectivity index (χ2n) is 9.81. The smallest absolute Gasteiger partial charge is 0.356 e. The van der Waals surface area contributed by atoms with Crippen LogP contribution in [-0.4, -0.2) is 27.7 Å². The number of ketones is 1. The van der Waals surface area contributed by atoms with Crippen LogP contribution in [0.4, 0.5) is 23.2 Å². The van der Waals surface area contributed by atoms with Crippen LogP contribution in [0.3, 0.4) is 0 Å². The standard InChI is InChI=1S/C30H22Cl2F4N2O3/c1-17(39)38(16-29(31,32)28(40)19-10-12-21(33)13-11-19)22-5-2-4-20(14-22)26-15-25(37-41-26)27-23(18-8-9-18)6-3-7-24(27)30(34,35)36/h2-7,10-15,18H,8-9,16H2,1H3. The second kappa shape index (κ2) is 10.9. The molecule has 1 aliphatic carbocycles. The Bertz CT molecular complexity index is 1610. The van der Waals surface area contributed by atoms with Gasteiger partial charge in [0, 0.05) is 35.4 Å². The first-order chi connectivity index (χ1) is 19.3. The third kappa shape index (κ3) is 6.16. The van der Waals surface area contributed by atoms with Gasteiger partial charge in [-0.2, -0.15) is 13.2 Å². The molecular weight excluding hydrogens is 583 g/mol. The predicted molar refractivity (Wildman–Crippen MR) is 148 cm³/mol. The normalized spacial score (nSPS) is 13.7. The lowest BCUT2D eigenvalue weighted by molar-refractivity contribution is -0.137. The number of halogens is 6. The van der Waals surface area contributed by atoms with Gasteiger partial charge >= 0.3 is 6.18 Å². The zero-order valence-corrected chi connectivity index (χ0v) is 23.0. The van der Waals surface area contributed by atoms with E-state index in [2.05, 4.69) is 5.16 Å². The summed E-state index contributed by atoms with van der Waals surface area (Å²) in [5.41, 5.74) is 0.616. The molecule has 5 nitrogen and oxygen atoms in total. The zero-order chi connectivity index (χ0) is 29.5. The van der Waals surface area contributed by atoms with Crippen LogP contribution in [0.5, 0.6) is 0 Å². The van der Waals surface area contributed by atoms with Gasteiger partial charge in [-0.1, -0.05) is 52.6 Å². The molecule has 3 aromatic carbocycles. The molecule has 0 N–H and O–H groups in total. The van der Waals surface area contributed by atoms with Gasteiger partial charge in [0.25, 0.3) is 0 Å². The molecule has 41 heavy (non-hydrogen) atoms. The molecule has 1 fully saturated rings. The monoisotopic (exact) mass is 604 g/mol. The maximum atomic E-state index is 13.9. The highest BCUT2D eigenvalue weighted by Crippen LogP contribution is 2.48. The van der Waals surface area contributed by atoms with Gasteiger partial charge in [0.05, 0.1) is 12.1 Å². The number of amides is 1. The summed E-state index contributed by atoms with van der Waals surface area (Å²) in [7, 11) is 0. The minimum absolute atomic E-state index is 0.00705. The molecule has 0 spiro atoms. The summed E-state index contributed by atoms with van der Waals surface area (Å²) >= 11 is 12.8. The van der Waals surface area contributed by atoms with Gasteiger partial charge in [-0.05, 0) is 66.8 Å². The molecule has 0 atom stereocenters. The Kier molecular flexibility index (Phi) is 7.70. The van der Waals surface area contributed by atoms with Crippen molar-refractivity contribution >= 4 is 40.6 Å². The van der Waals surface area contributed by atoms with Gasteiger partial charge in [-0.3, -0.25) is 9.59 Å². The quantitative estimate of drug-likeness (QED) is 0.115. The Morgan fingerprint density at radius 3 is 2.32 bits per heavy atom. The Balaban J connectivity index is 1.46. The largest absolute Gasteiger partial charge is 0.417 e. The fourth-order valence-corrected chi connectivity index (χ4v) is 5.11. The third-order valence-electron chi connectivity index (χ3n) is 6.80. The first-order valence-electron chi connectivity index (χ1n) is 12.6. The predicted octanol–water partition coefficient (Wildman–Crippen LogP) is 8.45. The SMILES string of the molecule is CC(=O)N(CC(Cl)(Cl)C(=O)c1ccc(F)cc1)c1cccc(-c2cc(-c3c(C4CC4)cccc3C(F)(F)F)no2)c1. The van der Waals surface area contributed by atoms with Crippen molar-refractivity contribution in [3.05, 3.63) is 95.3 Å². The molecule has 1 aromatic heterocycles. The number of aromatic nitrogens is 1. The first-order valence-corrected chi connectivity index (χ1v) is 13.3. The maximum absolute atomic E-state index is 13.9. The van der Waals surface area contributed by atoms with Gasteiger partial charge in [0.2, 0.25) is 11.7 Å². The van der Waals surface area contributed by atoms with Gasteiger partial charge in [-0.15, -0.1) is 0 Å². The van der Waals surface area contributed by atoms with E-state index in [4.69, 9.17) is 27.7 Å². The molecule has 11 heteroatoms. The van der Waals surface area contributed by atoms with Crippen molar-refractivity contribution in [3.8, 4) is 22.6 Å². The lowest BCUT2D eigenvalue weighted by Gasteiger charge is -2.28. The molecule has 0 aliphatic heterocycles. The summed E-state index contributed by atoms with van der Waals surface area (Å²) in [5.74, 6) is -1.54. The lowest BCUT2D eigenvalue weighted by Crippen LogP contribution is -2.43. The summed E-state index contributed by atoms with van der Waals surface area (Å²) in [4.78, 5) is 26.7. The highest BCUT2D eigenvalue weighted by molar-refractivity contribution is 6.60. The van der Waals surface area contributed by atoms with E-state index in [1.807, 2.05) is 0 Å². The summed E-state index contributed by atoms with van der Waals surface area (Å²) in [5, 5.41) is 3.97. The van der Waals surface area contributed by atoms with E-state index in [9.17, 15) is 27.2 Å². The molecule has 1 amide bonds. The molecule has 0 saturated heterocycles. The first kappa shape index (κ1) is 28.8. The van der Waals surface area contributed by atoms with Gasteiger partial charge in [0.15, 0.2) is 10.1 Å². The Morgan fingerprint density at radius 2 is 1.68 bits per heavy atom. The second-order valence-corrected chi connectivity index (χ2v) is 11.3. The molecule has 0 bridgehead atoms. The fourth-order valence-electron chi connectivity index (χ4n) is 4.65. The lowest BCUT2D eigenvalue weighted by atomic mass is 9.94. The Labute approximate surface area is 242 Å². The number of benzene rings is 3. The molecule has 1 saturated carbocycles. The molecule has 1 heterocycles. The molecule has 212 valence electrons. The fraction of sp³-hybridized carbons (Fsp3) is 0.233. The summed E-state index contributed by atoms with van der Waals surface area (Å²) in [6.45, 7) is 0.829. The van der Waals surface area contributed by atoms with E-state index in [1.54, 1.807) is 30.3 Å². The van der Waals surface area contributed by atoms with Crippen molar-refractivity contribution in [1.82, 2.24) is 5.16 Å². The Hall–Kier alpha value is -3.69. The molecular formula is C30H22Cl2F4N2O3. The maximum Gasteiger partial charge on any atom is 0.417 e. The minimum Gasteiger partial charge on any atom is -0.356 e. The van der Waals surface area contributed by atoms with Crippen molar-refractivity contribution in [2.24, 2.45) is 0 Å². The summed E-state index contributed by atoms with van der Waals surface area (Å²) in [6.07, 6.45) is -2.98. The molecule has 0 unspecified atom stereocenters. The van der Waals surface area contributed by atoms with Crippen LogP contribution < -0.4 is 4.90 Å². The van der Waals surface area contributed by atoms with E-state index in [1.165, 1.54) is 36.1 Å². The van der Waals surface area contributed by atoms with Crippen LogP contribution in [0.25, 0.3) is 22.6 Å². The van der Waals surface area contributed by atoms with Crippen LogP contribution in [0.1, 0.15) is 47.2 Å². The van der Waals surface area contributed by atoms with Gasteiger partial charge < -0.3 is 9.42 Å². The van der Waals surface area contributed by atoms with Gasteiger partial charge in [-0.25, -0.2) is 4.39 Å². The zero-order valence-electron chi connectivity index (χ0n) is 21.5. The number of hydrogen-bond acceptors (Lipinski definition) is 4. The number of rotatable bonds is 8. The third-order valence-corrected chi connectivity index (χ3v) is 7.39. The van der Waals surface area contributed by atoms with Crippen LogP contribution in [0.15, 0.2) is 77.3 Å². The van der Waals surface area contributed by atoms with Crippen molar-refractivity contribution in [1.29, 1.82) is 0 Å². The minimum atomic E-state index is -4.58. The average Bonchev–Trinajstić information content (AvgIpc) is 3.66. The number of anilines is 1. The van der Waals surface area contributed by atoms with E-state index in [0.717, 1.165) is 31.0 Å². The summed E-state index contributed by atoms with van der Waals surface area (Å²) < 4.78 is 58.4. The number of hydrogen-bond donors (Lipinski definition) is 0. The molecule has 0 radical (unpaired) electrons. The average molecular weight is 605 g/mol. The van der Waals surface area contributed by atoms with Crippen molar-refractivity contribution in [2.45, 2.75) is 36.2 Å². The van der Waals surface area contributed by atoms with Crippen molar-refractivity contribution < 1.29 is 31.7 Å². The van der Waals surface area contributed by atoms with Crippen LogP contribution in [0, 0.1) is 5.82 Å². The van der Waals surface area contributed by atoms with E-state index in [-0.39, 0.29) is 28.5 Å². The molecule has 4 aromatic rings. The summed E-state index contributed by atoms with van der Waals surface area (Å²) in [6, 6.07) is 16.6. The van der Waals surface area contributed by atoms with Crippen molar-refractivity contribution in [2.75, 3.05) is 11.4 Å². The van der Waals surface area contributed by atoms with Crippen LogP contribution in [-0.2, 0) is 11.0 Å². The number of Topliss-reactive ketones (excluding diaryl/α,β-unsaturated/α-hetero) is 1. The number of carbonyl (C=O) groups is 2. The van der Waals surface area contributed by atoms with E-state index in [0.29, 0.717) is 16.8 Å². The van der Waals surface area contributed by atoms with E-state index < -0.39 is 40.1 Å². The Morgan fingerprint density at radius 1 is 1.00 bits per heavy atom. The van der Waals surface area contributed by atoms with E-state index >= 15 is 0 Å². The van der Waals surface area contributed by atoms with Crippen molar-refractivity contribution in [3.63, 3.8) is 0 Å². The highest BCUT2D eigenvalue weighted by Gasteiger charge is 2.39. The highest BCUT2D eigenvalue weighted by atomic mass is 35.5. The topological polar surface area (TPSA) is 63.4 Å². The molecule has 1 aliphatic rings. The number of alkyl halides is 5. The number of carbonyl (C=O) groups excluding carboxylic acids is 2. The molecule has 5 rings (SSSR count).